The van der Waals surface area contributed by atoms with Crippen LogP contribution in [0.3, 0.4) is 0 Å². The van der Waals surface area contributed by atoms with Gasteiger partial charge in [0.1, 0.15) is 11.6 Å². The summed E-state index contributed by atoms with van der Waals surface area (Å²) in [5.74, 6) is 0.652. The zero-order chi connectivity index (χ0) is 11.5. The standard InChI is InChI=1S/C13H14FNO/c1-9-7-11(8-16-9)13(15-2)10-3-5-12(14)6-4-10/h3-8,13,15H,1-2H3. The molecule has 2 aromatic rings. The lowest BCUT2D eigenvalue weighted by atomic mass is 10.0. The Morgan fingerprint density at radius 3 is 2.38 bits per heavy atom. The lowest BCUT2D eigenvalue weighted by Crippen LogP contribution is -2.16. The van der Waals surface area contributed by atoms with Crippen LogP contribution in [0.25, 0.3) is 0 Å². The van der Waals surface area contributed by atoms with Crippen molar-refractivity contribution < 1.29 is 8.81 Å². The Balaban J connectivity index is 2.32. The molecule has 1 atom stereocenters. The maximum atomic E-state index is 12.8. The first-order valence-corrected chi connectivity index (χ1v) is 5.18. The van der Waals surface area contributed by atoms with E-state index in [-0.39, 0.29) is 11.9 Å². The summed E-state index contributed by atoms with van der Waals surface area (Å²) >= 11 is 0. The number of aryl methyl sites for hydroxylation is 1. The topological polar surface area (TPSA) is 25.2 Å². The summed E-state index contributed by atoms with van der Waals surface area (Å²) in [6, 6.07) is 8.50. The fourth-order valence-corrected chi connectivity index (χ4v) is 1.80. The molecule has 2 rings (SSSR count). The number of nitrogens with one attached hydrogen (secondary N) is 1. The molecule has 2 nitrogen and oxygen atoms in total. The van der Waals surface area contributed by atoms with Gasteiger partial charge in [-0.2, -0.15) is 0 Å². The fourth-order valence-electron chi connectivity index (χ4n) is 1.80. The molecule has 3 heteroatoms. The van der Waals surface area contributed by atoms with Crippen molar-refractivity contribution >= 4 is 0 Å². The first-order valence-electron chi connectivity index (χ1n) is 5.18. The number of furan rings is 1. The zero-order valence-electron chi connectivity index (χ0n) is 9.33. The zero-order valence-corrected chi connectivity index (χ0v) is 9.33. The van der Waals surface area contributed by atoms with Gasteiger partial charge in [0, 0.05) is 5.56 Å². The van der Waals surface area contributed by atoms with Crippen molar-refractivity contribution in [3.05, 3.63) is 59.3 Å². The quantitative estimate of drug-likeness (QED) is 0.858. The highest BCUT2D eigenvalue weighted by Crippen LogP contribution is 2.23. The van der Waals surface area contributed by atoms with Crippen molar-refractivity contribution in [1.82, 2.24) is 5.32 Å². The Hall–Kier alpha value is -1.61. The van der Waals surface area contributed by atoms with Gasteiger partial charge in [0.05, 0.1) is 12.3 Å². The van der Waals surface area contributed by atoms with E-state index in [0.29, 0.717) is 0 Å². The molecule has 0 aliphatic carbocycles. The van der Waals surface area contributed by atoms with E-state index >= 15 is 0 Å². The maximum Gasteiger partial charge on any atom is 0.123 e. The van der Waals surface area contributed by atoms with Gasteiger partial charge >= 0.3 is 0 Å². The summed E-state index contributed by atoms with van der Waals surface area (Å²) in [5, 5.41) is 3.18. The van der Waals surface area contributed by atoms with E-state index in [2.05, 4.69) is 5.32 Å². The predicted molar refractivity (Wildman–Crippen MR) is 60.7 cm³/mol. The molecule has 1 N–H and O–H groups in total. The Bertz CT molecular complexity index is 461. The summed E-state index contributed by atoms with van der Waals surface area (Å²) in [4.78, 5) is 0. The van der Waals surface area contributed by atoms with E-state index in [1.54, 1.807) is 18.4 Å². The van der Waals surface area contributed by atoms with Gasteiger partial charge in [-0.1, -0.05) is 12.1 Å². The van der Waals surface area contributed by atoms with E-state index in [0.717, 1.165) is 16.9 Å². The molecule has 16 heavy (non-hydrogen) atoms. The lowest BCUT2D eigenvalue weighted by molar-refractivity contribution is 0.527. The highest BCUT2D eigenvalue weighted by Gasteiger charge is 2.13. The minimum absolute atomic E-state index is 0.0399. The fraction of sp³-hybridized carbons (Fsp3) is 0.231. The van der Waals surface area contributed by atoms with Crippen molar-refractivity contribution in [3.8, 4) is 0 Å². The monoisotopic (exact) mass is 219 g/mol. The van der Waals surface area contributed by atoms with E-state index < -0.39 is 0 Å². The summed E-state index contributed by atoms with van der Waals surface area (Å²) in [6.07, 6.45) is 1.72. The summed E-state index contributed by atoms with van der Waals surface area (Å²) < 4.78 is 18.1. The second-order valence-electron chi connectivity index (χ2n) is 3.76. The van der Waals surface area contributed by atoms with Gasteiger partial charge in [-0.25, -0.2) is 4.39 Å². The third kappa shape index (κ3) is 2.14. The van der Waals surface area contributed by atoms with Crippen molar-refractivity contribution in [2.75, 3.05) is 7.05 Å². The van der Waals surface area contributed by atoms with Gasteiger partial charge in [0.2, 0.25) is 0 Å². The van der Waals surface area contributed by atoms with E-state index in [1.165, 1.54) is 12.1 Å². The largest absolute Gasteiger partial charge is 0.469 e. The van der Waals surface area contributed by atoms with Crippen LogP contribution in [-0.2, 0) is 0 Å². The lowest BCUT2D eigenvalue weighted by Gasteiger charge is -2.14. The molecule has 0 fully saturated rings. The van der Waals surface area contributed by atoms with Gasteiger partial charge in [0.25, 0.3) is 0 Å². The molecule has 0 saturated heterocycles. The van der Waals surface area contributed by atoms with Crippen LogP contribution in [0.4, 0.5) is 4.39 Å². The second-order valence-corrected chi connectivity index (χ2v) is 3.76. The number of hydrogen-bond acceptors (Lipinski definition) is 2. The molecule has 0 aliphatic heterocycles. The van der Waals surface area contributed by atoms with Crippen molar-refractivity contribution in [3.63, 3.8) is 0 Å². The molecule has 1 aromatic carbocycles. The van der Waals surface area contributed by atoms with Crippen molar-refractivity contribution in [1.29, 1.82) is 0 Å². The Morgan fingerprint density at radius 1 is 1.19 bits per heavy atom. The van der Waals surface area contributed by atoms with Crippen LogP contribution >= 0.6 is 0 Å². The van der Waals surface area contributed by atoms with Gasteiger partial charge < -0.3 is 9.73 Å². The molecule has 0 amide bonds. The molecule has 84 valence electrons. The molecule has 0 bridgehead atoms. The van der Waals surface area contributed by atoms with E-state index in [1.807, 2.05) is 20.0 Å². The van der Waals surface area contributed by atoms with Gasteiger partial charge in [-0.05, 0) is 37.7 Å². The van der Waals surface area contributed by atoms with Crippen LogP contribution in [0.1, 0.15) is 22.9 Å². The Kier molecular flexibility index (Phi) is 3.06. The Labute approximate surface area is 94.1 Å². The highest BCUT2D eigenvalue weighted by molar-refractivity contribution is 5.30. The summed E-state index contributed by atoms with van der Waals surface area (Å²) in [6.45, 7) is 1.90. The van der Waals surface area contributed by atoms with Crippen molar-refractivity contribution in [2.45, 2.75) is 13.0 Å². The average molecular weight is 219 g/mol. The maximum absolute atomic E-state index is 12.8. The number of benzene rings is 1. The number of halogens is 1. The van der Waals surface area contributed by atoms with Gasteiger partial charge in [-0.15, -0.1) is 0 Å². The van der Waals surface area contributed by atoms with Crippen molar-refractivity contribution in [2.24, 2.45) is 0 Å². The normalized spacial score (nSPS) is 12.7. The smallest absolute Gasteiger partial charge is 0.123 e. The van der Waals surface area contributed by atoms with E-state index in [4.69, 9.17) is 4.42 Å². The first-order chi connectivity index (χ1) is 7.70. The van der Waals surface area contributed by atoms with Crippen LogP contribution in [0.15, 0.2) is 41.0 Å². The van der Waals surface area contributed by atoms with Crippen LogP contribution in [-0.4, -0.2) is 7.05 Å². The summed E-state index contributed by atoms with van der Waals surface area (Å²) in [5.41, 5.74) is 2.07. The number of rotatable bonds is 3. The molecular formula is C13H14FNO. The third-order valence-corrected chi connectivity index (χ3v) is 2.58. The molecule has 0 saturated carbocycles. The summed E-state index contributed by atoms with van der Waals surface area (Å²) in [7, 11) is 1.87. The average Bonchev–Trinajstić information content (AvgIpc) is 2.69. The SMILES string of the molecule is CNC(c1ccc(F)cc1)c1coc(C)c1. The molecule has 1 heterocycles. The highest BCUT2D eigenvalue weighted by atomic mass is 19.1. The molecule has 0 aliphatic rings. The minimum atomic E-state index is -0.220. The molecule has 1 unspecified atom stereocenters. The molecule has 0 radical (unpaired) electrons. The third-order valence-electron chi connectivity index (χ3n) is 2.58. The van der Waals surface area contributed by atoms with Crippen LogP contribution in [0.2, 0.25) is 0 Å². The van der Waals surface area contributed by atoms with Gasteiger partial charge in [-0.3, -0.25) is 0 Å². The minimum Gasteiger partial charge on any atom is -0.469 e. The molecule has 1 aromatic heterocycles. The van der Waals surface area contributed by atoms with Crippen LogP contribution < -0.4 is 5.32 Å². The molecular weight excluding hydrogens is 205 g/mol. The molecule has 0 spiro atoms. The van der Waals surface area contributed by atoms with Crippen LogP contribution in [0, 0.1) is 12.7 Å². The van der Waals surface area contributed by atoms with E-state index in [9.17, 15) is 4.39 Å². The second kappa shape index (κ2) is 4.49. The Morgan fingerprint density at radius 2 is 1.88 bits per heavy atom. The number of hydrogen-bond donors (Lipinski definition) is 1. The van der Waals surface area contributed by atoms with Gasteiger partial charge in [0.15, 0.2) is 0 Å². The van der Waals surface area contributed by atoms with Crippen LogP contribution in [0.5, 0.6) is 0 Å². The predicted octanol–water partition coefficient (Wildman–Crippen LogP) is 3.04. The first kappa shape index (κ1) is 10.9.